The zero-order valence-electron chi connectivity index (χ0n) is 18.1. The molecule has 0 radical (unpaired) electrons. The number of nitrogens with one attached hydrogen (secondary N) is 1. The molecule has 172 valence electrons. The Labute approximate surface area is 194 Å². The highest BCUT2D eigenvalue weighted by molar-refractivity contribution is 6.31. The molecule has 3 aromatic rings. The van der Waals surface area contributed by atoms with Gasteiger partial charge in [-0.3, -0.25) is 9.59 Å². The summed E-state index contributed by atoms with van der Waals surface area (Å²) in [7, 11) is 1.50. The van der Waals surface area contributed by atoms with Crippen LogP contribution in [-0.4, -0.2) is 57.1 Å². The molecule has 33 heavy (non-hydrogen) atoms. The molecule has 1 aliphatic heterocycles. The summed E-state index contributed by atoms with van der Waals surface area (Å²) in [5, 5.41) is 14.3. The van der Waals surface area contributed by atoms with Crippen molar-refractivity contribution in [3.63, 3.8) is 0 Å². The minimum absolute atomic E-state index is 0.145. The summed E-state index contributed by atoms with van der Waals surface area (Å²) in [5.41, 5.74) is 0.976. The first-order chi connectivity index (χ1) is 15.9. The lowest BCUT2D eigenvalue weighted by atomic mass is 9.95. The van der Waals surface area contributed by atoms with E-state index in [0.717, 1.165) is 0 Å². The second kappa shape index (κ2) is 9.53. The summed E-state index contributed by atoms with van der Waals surface area (Å²) in [6.45, 7) is 2.49. The van der Waals surface area contributed by atoms with Crippen molar-refractivity contribution in [2.75, 3.05) is 25.5 Å². The third kappa shape index (κ3) is 4.80. The molecule has 0 spiro atoms. The maximum atomic E-state index is 14.3. The van der Waals surface area contributed by atoms with Gasteiger partial charge in [0.05, 0.1) is 12.7 Å². The summed E-state index contributed by atoms with van der Waals surface area (Å²) >= 11 is 6.05. The van der Waals surface area contributed by atoms with Crippen LogP contribution in [0.25, 0.3) is 5.69 Å². The van der Waals surface area contributed by atoms with Crippen LogP contribution < -0.4 is 10.1 Å². The number of anilines is 1. The van der Waals surface area contributed by atoms with Gasteiger partial charge in [0.1, 0.15) is 17.3 Å². The van der Waals surface area contributed by atoms with E-state index in [-0.39, 0.29) is 23.4 Å². The van der Waals surface area contributed by atoms with Crippen molar-refractivity contribution in [1.29, 1.82) is 0 Å². The molecular formula is C22H22ClFN6O3. The van der Waals surface area contributed by atoms with Crippen LogP contribution in [0.1, 0.15) is 29.0 Å². The molecule has 0 saturated carbocycles. The van der Waals surface area contributed by atoms with E-state index in [4.69, 9.17) is 16.3 Å². The normalized spacial score (nSPS) is 14.2. The van der Waals surface area contributed by atoms with E-state index in [1.54, 1.807) is 30.0 Å². The number of halogens is 2. The molecule has 1 aromatic heterocycles. The molecule has 4 rings (SSSR count). The average molecular weight is 473 g/mol. The van der Waals surface area contributed by atoms with E-state index >= 15 is 0 Å². The topological polar surface area (TPSA) is 102 Å². The second-order valence-corrected chi connectivity index (χ2v) is 8.14. The Kier molecular flexibility index (Phi) is 6.55. The lowest BCUT2D eigenvalue weighted by Gasteiger charge is -2.31. The first kappa shape index (κ1) is 22.7. The van der Waals surface area contributed by atoms with Crippen LogP contribution in [0.3, 0.4) is 0 Å². The Bertz CT molecular complexity index is 1190. The van der Waals surface area contributed by atoms with Gasteiger partial charge in [-0.05, 0) is 66.6 Å². The van der Waals surface area contributed by atoms with Crippen molar-refractivity contribution in [2.24, 2.45) is 5.92 Å². The number of hydrogen-bond acceptors (Lipinski definition) is 6. The number of aryl methyl sites for hydroxylation is 1. The SMILES string of the molecule is COc1ccc(Cl)cc1C(=O)N1CCC(C(=O)Nc2ccc(F)c(-n3nnnc3C)c2)CC1. The lowest BCUT2D eigenvalue weighted by molar-refractivity contribution is -0.121. The standard InChI is InChI=1S/C22H22ClFN6O3/c1-13-26-27-28-30(13)19-12-16(4-5-18(19)24)25-21(31)14-7-9-29(10-8-14)22(32)17-11-15(23)3-6-20(17)33-2/h3-6,11-12,14H,7-10H2,1-2H3,(H,25,31). The fraction of sp³-hybridized carbons (Fsp3) is 0.318. The molecule has 1 N–H and O–H groups in total. The Morgan fingerprint density at radius 1 is 1.18 bits per heavy atom. The summed E-state index contributed by atoms with van der Waals surface area (Å²) in [6, 6.07) is 9.13. The minimum atomic E-state index is -0.508. The third-order valence-electron chi connectivity index (χ3n) is 5.61. The fourth-order valence-corrected chi connectivity index (χ4v) is 3.99. The molecule has 9 nitrogen and oxygen atoms in total. The predicted molar refractivity (Wildman–Crippen MR) is 119 cm³/mol. The highest BCUT2D eigenvalue weighted by atomic mass is 35.5. The molecule has 1 fully saturated rings. The summed E-state index contributed by atoms with van der Waals surface area (Å²) in [5.74, 6) is -0.285. The number of carbonyl (C=O) groups excluding carboxylic acids is 2. The van der Waals surface area contributed by atoms with Gasteiger partial charge in [0, 0.05) is 29.7 Å². The van der Waals surface area contributed by atoms with Crippen molar-refractivity contribution < 1.29 is 18.7 Å². The van der Waals surface area contributed by atoms with E-state index < -0.39 is 5.82 Å². The van der Waals surface area contributed by atoms with E-state index in [2.05, 4.69) is 20.8 Å². The van der Waals surface area contributed by atoms with E-state index in [0.29, 0.717) is 53.8 Å². The molecule has 0 aliphatic carbocycles. The average Bonchev–Trinajstić information content (AvgIpc) is 3.25. The molecule has 11 heteroatoms. The van der Waals surface area contributed by atoms with Crippen molar-refractivity contribution in [3.05, 3.63) is 58.6 Å². The molecule has 2 amide bonds. The second-order valence-electron chi connectivity index (χ2n) is 7.70. The maximum absolute atomic E-state index is 14.3. The lowest BCUT2D eigenvalue weighted by Crippen LogP contribution is -2.41. The van der Waals surface area contributed by atoms with Crippen LogP contribution in [0.2, 0.25) is 5.02 Å². The van der Waals surface area contributed by atoms with Gasteiger partial charge < -0.3 is 15.0 Å². The van der Waals surface area contributed by atoms with Gasteiger partial charge in [0.25, 0.3) is 5.91 Å². The monoisotopic (exact) mass is 472 g/mol. The first-order valence-electron chi connectivity index (χ1n) is 10.4. The summed E-state index contributed by atoms with van der Waals surface area (Å²) in [6.07, 6.45) is 1.00. The number of aromatic nitrogens is 4. The maximum Gasteiger partial charge on any atom is 0.257 e. The van der Waals surface area contributed by atoms with Gasteiger partial charge >= 0.3 is 0 Å². The number of ether oxygens (including phenoxy) is 1. The third-order valence-corrected chi connectivity index (χ3v) is 5.85. The van der Waals surface area contributed by atoms with Gasteiger partial charge in [-0.2, -0.15) is 4.68 Å². The van der Waals surface area contributed by atoms with Gasteiger partial charge in [0.15, 0.2) is 5.82 Å². The predicted octanol–water partition coefficient (Wildman–Crippen LogP) is 3.26. The smallest absolute Gasteiger partial charge is 0.257 e. The van der Waals surface area contributed by atoms with E-state index in [1.807, 2.05) is 0 Å². The number of tetrazole rings is 1. The number of piperidine rings is 1. The van der Waals surface area contributed by atoms with Gasteiger partial charge in [-0.1, -0.05) is 11.6 Å². The Morgan fingerprint density at radius 2 is 1.94 bits per heavy atom. The number of rotatable bonds is 5. The number of likely N-dealkylation sites (tertiary alicyclic amines) is 1. The van der Waals surface area contributed by atoms with E-state index in [9.17, 15) is 14.0 Å². The highest BCUT2D eigenvalue weighted by Crippen LogP contribution is 2.27. The zero-order chi connectivity index (χ0) is 23.5. The largest absolute Gasteiger partial charge is 0.496 e. The molecule has 1 aliphatic rings. The van der Waals surface area contributed by atoms with Crippen molar-refractivity contribution in [1.82, 2.24) is 25.1 Å². The number of amides is 2. The van der Waals surface area contributed by atoms with Gasteiger partial charge in [-0.25, -0.2) is 4.39 Å². The molecule has 0 atom stereocenters. The van der Waals surface area contributed by atoms with Crippen LogP contribution in [0.5, 0.6) is 5.75 Å². The Morgan fingerprint density at radius 3 is 2.61 bits per heavy atom. The van der Waals surface area contributed by atoms with Gasteiger partial charge in [0.2, 0.25) is 5.91 Å². The van der Waals surface area contributed by atoms with Gasteiger partial charge in [-0.15, -0.1) is 5.10 Å². The molecule has 0 unspecified atom stereocenters. The number of nitrogens with zero attached hydrogens (tertiary/aromatic N) is 5. The molecule has 2 heterocycles. The molecule has 0 bridgehead atoms. The minimum Gasteiger partial charge on any atom is -0.496 e. The quantitative estimate of drug-likeness (QED) is 0.611. The molecule has 1 saturated heterocycles. The van der Waals surface area contributed by atoms with Crippen molar-refractivity contribution in [3.8, 4) is 11.4 Å². The number of carbonyl (C=O) groups is 2. The number of benzene rings is 2. The van der Waals surface area contributed by atoms with Crippen molar-refractivity contribution in [2.45, 2.75) is 19.8 Å². The number of methoxy groups -OCH3 is 1. The van der Waals surface area contributed by atoms with E-state index in [1.165, 1.54) is 30.0 Å². The molecule has 2 aromatic carbocycles. The first-order valence-corrected chi connectivity index (χ1v) is 10.7. The van der Waals surface area contributed by atoms with Crippen LogP contribution in [0.15, 0.2) is 36.4 Å². The fourth-order valence-electron chi connectivity index (χ4n) is 3.81. The van der Waals surface area contributed by atoms with Crippen LogP contribution in [0.4, 0.5) is 10.1 Å². The van der Waals surface area contributed by atoms with Crippen molar-refractivity contribution >= 4 is 29.1 Å². The van der Waals surface area contributed by atoms with Crippen LogP contribution >= 0.6 is 11.6 Å². The zero-order valence-corrected chi connectivity index (χ0v) is 18.8. The Hall–Kier alpha value is -3.53. The number of hydrogen-bond donors (Lipinski definition) is 1. The summed E-state index contributed by atoms with van der Waals surface area (Å²) in [4.78, 5) is 27.4. The van der Waals surface area contributed by atoms with Crippen LogP contribution in [-0.2, 0) is 4.79 Å². The Balaban J connectivity index is 1.40. The summed E-state index contributed by atoms with van der Waals surface area (Å²) < 4.78 is 20.8. The highest BCUT2D eigenvalue weighted by Gasteiger charge is 2.29. The van der Waals surface area contributed by atoms with Crippen LogP contribution in [0, 0.1) is 18.7 Å². The molecular weight excluding hydrogens is 451 g/mol.